The zero-order chi connectivity index (χ0) is 23.2. The summed E-state index contributed by atoms with van der Waals surface area (Å²) in [5.41, 5.74) is 1.59. The highest BCUT2D eigenvalue weighted by Gasteiger charge is 2.24. The minimum atomic E-state index is -0.447. The van der Waals surface area contributed by atoms with E-state index in [2.05, 4.69) is 10.6 Å². The van der Waals surface area contributed by atoms with Crippen molar-refractivity contribution in [1.29, 1.82) is 0 Å². The average Bonchev–Trinajstić information content (AvgIpc) is 2.79. The number of hydroxylamine groups is 1. The van der Waals surface area contributed by atoms with Gasteiger partial charge in [-0.1, -0.05) is 44.9 Å². The Morgan fingerprint density at radius 3 is 1.59 bits per heavy atom. The van der Waals surface area contributed by atoms with Crippen LogP contribution < -0.4 is 16.1 Å². The van der Waals surface area contributed by atoms with Crippen molar-refractivity contribution in [3.05, 3.63) is 0 Å². The van der Waals surface area contributed by atoms with Gasteiger partial charge in [0.15, 0.2) is 0 Å². The van der Waals surface area contributed by atoms with Crippen LogP contribution in [0.15, 0.2) is 0 Å². The SMILES string of the molecule is O=C(CCCCCC(=O)N(CC(=O)NC1CCCCC1)CC(=O)NC1CCCCC1)NO. The van der Waals surface area contributed by atoms with Gasteiger partial charge < -0.3 is 15.5 Å². The highest BCUT2D eigenvalue weighted by Crippen LogP contribution is 2.18. The zero-order valence-electron chi connectivity index (χ0n) is 19.2. The Hall–Kier alpha value is -2.16. The number of nitrogens with zero attached hydrogens (tertiary/aromatic N) is 1. The first-order valence-corrected chi connectivity index (χ1v) is 12.3. The van der Waals surface area contributed by atoms with Crippen LogP contribution in [0, 0.1) is 0 Å². The van der Waals surface area contributed by atoms with Crippen molar-refractivity contribution in [1.82, 2.24) is 21.0 Å². The molecule has 0 saturated heterocycles. The lowest BCUT2D eigenvalue weighted by Crippen LogP contribution is -2.49. The van der Waals surface area contributed by atoms with E-state index in [0.29, 0.717) is 19.3 Å². The fourth-order valence-corrected chi connectivity index (χ4v) is 4.57. The van der Waals surface area contributed by atoms with Gasteiger partial charge in [0.25, 0.3) is 0 Å². The Morgan fingerprint density at radius 2 is 1.12 bits per heavy atom. The molecule has 0 bridgehead atoms. The lowest BCUT2D eigenvalue weighted by atomic mass is 9.95. The second kappa shape index (κ2) is 14.8. The number of carbonyl (C=O) groups excluding carboxylic acids is 4. The molecule has 0 aromatic carbocycles. The highest BCUT2D eigenvalue weighted by atomic mass is 16.5. The third-order valence-electron chi connectivity index (χ3n) is 6.38. The van der Waals surface area contributed by atoms with Gasteiger partial charge in [0.2, 0.25) is 23.6 Å². The molecule has 2 fully saturated rings. The molecule has 0 atom stereocenters. The second-order valence-electron chi connectivity index (χ2n) is 9.15. The summed E-state index contributed by atoms with van der Waals surface area (Å²) in [7, 11) is 0. The quantitative estimate of drug-likeness (QED) is 0.205. The van der Waals surface area contributed by atoms with Crippen LogP contribution in [-0.2, 0) is 19.2 Å². The van der Waals surface area contributed by atoms with E-state index in [1.165, 1.54) is 17.7 Å². The zero-order valence-corrected chi connectivity index (χ0v) is 19.2. The van der Waals surface area contributed by atoms with Crippen molar-refractivity contribution in [3.63, 3.8) is 0 Å². The normalized spacial score (nSPS) is 17.4. The van der Waals surface area contributed by atoms with Crippen molar-refractivity contribution in [2.24, 2.45) is 0 Å². The van der Waals surface area contributed by atoms with Crippen LogP contribution in [0.3, 0.4) is 0 Å². The van der Waals surface area contributed by atoms with E-state index in [9.17, 15) is 19.2 Å². The fraction of sp³-hybridized carbons (Fsp3) is 0.826. The molecule has 4 amide bonds. The molecular weight excluding hydrogens is 412 g/mol. The van der Waals surface area contributed by atoms with Crippen molar-refractivity contribution < 1.29 is 24.4 Å². The summed E-state index contributed by atoms with van der Waals surface area (Å²) in [6, 6.07) is 0.309. The van der Waals surface area contributed by atoms with Gasteiger partial charge in [0.05, 0.1) is 0 Å². The predicted octanol–water partition coefficient (Wildman–Crippen LogP) is 2.17. The van der Waals surface area contributed by atoms with Gasteiger partial charge >= 0.3 is 0 Å². The molecule has 0 aromatic heterocycles. The average molecular weight is 453 g/mol. The van der Waals surface area contributed by atoms with Gasteiger partial charge in [-0.25, -0.2) is 5.48 Å². The summed E-state index contributed by atoms with van der Waals surface area (Å²) in [4.78, 5) is 50.4. The number of nitrogens with one attached hydrogen (secondary N) is 3. The van der Waals surface area contributed by atoms with Gasteiger partial charge in [-0.15, -0.1) is 0 Å². The van der Waals surface area contributed by atoms with Crippen LogP contribution in [0.1, 0.15) is 96.3 Å². The smallest absolute Gasteiger partial charge is 0.243 e. The minimum Gasteiger partial charge on any atom is -0.352 e. The van der Waals surface area contributed by atoms with Crippen molar-refractivity contribution in [3.8, 4) is 0 Å². The Labute approximate surface area is 191 Å². The Balaban J connectivity index is 1.83. The first-order chi connectivity index (χ1) is 15.5. The molecule has 4 N–H and O–H groups in total. The highest BCUT2D eigenvalue weighted by molar-refractivity contribution is 5.89. The largest absolute Gasteiger partial charge is 0.352 e. The number of hydrogen-bond acceptors (Lipinski definition) is 5. The van der Waals surface area contributed by atoms with Crippen molar-refractivity contribution >= 4 is 23.6 Å². The number of unbranched alkanes of at least 4 members (excludes halogenated alkanes) is 2. The number of rotatable bonds is 12. The maximum atomic E-state index is 12.8. The van der Waals surface area contributed by atoms with E-state index in [0.717, 1.165) is 51.4 Å². The Bertz CT molecular complexity index is 582. The van der Waals surface area contributed by atoms with Crippen LogP contribution in [-0.4, -0.2) is 58.9 Å². The summed E-state index contributed by atoms with van der Waals surface area (Å²) in [5, 5.41) is 14.6. The Kier molecular flexibility index (Phi) is 12.1. The summed E-state index contributed by atoms with van der Waals surface area (Å²) >= 11 is 0. The maximum Gasteiger partial charge on any atom is 0.243 e. The van der Waals surface area contributed by atoms with Crippen molar-refractivity contribution in [2.45, 2.75) is 108 Å². The first kappa shape index (κ1) is 26.1. The molecule has 0 heterocycles. The van der Waals surface area contributed by atoms with Gasteiger partial charge in [0, 0.05) is 24.9 Å². The maximum absolute atomic E-state index is 12.8. The van der Waals surface area contributed by atoms with E-state index >= 15 is 0 Å². The molecule has 2 aliphatic rings. The lowest BCUT2D eigenvalue weighted by Gasteiger charge is -2.27. The fourth-order valence-electron chi connectivity index (χ4n) is 4.57. The first-order valence-electron chi connectivity index (χ1n) is 12.3. The molecule has 0 spiro atoms. The molecule has 0 aliphatic heterocycles. The molecule has 182 valence electrons. The molecule has 2 rings (SSSR count). The van der Waals surface area contributed by atoms with Crippen LogP contribution >= 0.6 is 0 Å². The van der Waals surface area contributed by atoms with Gasteiger partial charge in [0.1, 0.15) is 13.1 Å². The molecule has 2 saturated carbocycles. The second-order valence-corrected chi connectivity index (χ2v) is 9.15. The van der Waals surface area contributed by atoms with E-state index in [1.807, 2.05) is 0 Å². The van der Waals surface area contributed by atoms with E-state index in [1.54, 1.807) is 5.48 Å². The van der Waals surface area contributed by atoms with Crippen LogP contribution in [0.25, 0.3) is 0 Å². The lowest BCUT2D eigenvalue weighted by molar-refractivity contribution is -0.139. The summed E-state index contributed by atoms with van der Waals surface area (Å²) in [5.74, 6) is -1.10. The minimum absolute atomic E-state index is 0.111. The number of carbonyl (C=O) groups is 4. The van der Waals surface area contributed by atoms with Crippen LogP contribution in [0.5, 0.6) is 0 Å². The molecule has 0 radical (unpaired) electrons. The predicted molar refractivity (Wildman–Crippen MR) is 120 cm³/mol. The third kappa shape index (κ3) is 10.4. The van der Waals surface area contributed by atoms with Gasteiger partial charge in [-0.3, -0.25) is 24.4 Å². The standard InChI is InChI=1S/C23H40N4O5/c28-20(26-32)14-8-3-9-15-23(31)27(16-21(29)24-18-10-4-1-5-11-18)17-22(30)25-19-12-6-2-7-13-19/h18-19,32H,1-17H2,(H,24,29)(H,25,30)(H,26,28). The molecule has 9 heteroatoms. The van der Waals surface area contributed by atoms with Gasteiger partial charge in [-0.2, -0.15) is 0 Å². The molecule has 0 unspecified atom stereocenters. The third-order valence-corrected chi connectivity index (χ3v) is 6.38. The topological polar surface area (TPSA) is 128 Å². The number of hydrogen-bond donors (Lipinski definition) is 4. The van der Waals surface area contributed by atoms with E-state index < -0.39 is 5.91 Å². The van der Waals surface area contributed by atoms with Crippen molar-refractivity contribution in [2.75, 3.05) is 13.1 Å². The summed E-state index contributed by atoms with van der Waals surface area (Å²) in [6.07, 6.45) is 12.8. The van der Waals surface area contributed by atoms with E-state index in [4.69, 9.17) is 5.21 Å². The molecule has 9 nitrogen and oxygen atoms in total. The number of amides is 4. The monoisotopic (exact) mass is 452 g/mol. The molecule has 2 aliphatic carbocycles. The van der Waals surface area contributed by atoms with Crippen LogP contribution in [0.4, 0.5) is 0 Å². The molecule has 0 aromatic rings. The van der Waals surface area contributed by atoms with Gasteiger partial charge in [-0.05, 0) is 38.5 Å². The summed E-state index contributed by atoms with van der Waals surface area (Å²) < 4.78 is 0. The molecule has 32 heavy (non-hydrogen) atoms. The Morgan fingerprint density at radius 1 is 0.656 bits per heavy atom. The summed E-state index contributed by atoms with van der Waals surface area (Å²) in [6.45, 7) is -0.222. The van der Waals surface area contributed by atoms with Crippen LogP contribution in [0.2, 0.25) is 0 Å². The molecular formula is C23H40N4O5. The van der Waals surface area contributed by atoms with E-state index in [-0.39, 0.29) is 55.7 Å².